The highest BCUT2D eigenvalue weighted by Gasteiger charge is 2.01. The first kappa shape index (κ1) is 12.0. The maximum absolute atomic E-state index is 11.1. The fraction of sp³-hybridized carbons (Fsp3) is 0.400. The van der Waals surface area contributed by atoms with E-state index in [2.05, 4.69) is 5.32 Å². The van der Waals surface area contributed by atoms with Gasteiger partial charge in [0.15, 0.2) is 0 Å². The molecule has 1 aromatic rings. The predicted molar refractivity (Wildman–Crippen MR) is 60.9 cm³/mol. The molecular weight excluding hydrogens is 232 g/mol. The third kappa shape index (κ3) is 4.82. The van der Waals surface area contributed by atoms with Gasteiger partial charge in [-0.15, -0.1) is 11.3 Å². The molecule has 0 aliphatic rings. The molecular formula is C10H11ClN2OS. The smallest absolute Gasteiger partial charge is 0.221 e. The number of hydrogen-bond donors (Lipinski definition) is 1. The average Bonchev–Trinajstić information content (AvgIpc) is 2.61. The lowest BCUT2D eigenvalue weighted by molar-refractivity contribution is -0.120. The molecule has 1 heterocycles. The summed E-state index contributed by atoms with van der Waals surface area (Å²) in [5, 5.41) is 11.0. The number of carbonyl (C=O) groups excluding carboxylic acids is 1. The molecule has 0 aliphatic carbocycles. The first-order valence-corrected chi connectivity index (χ1v) is 5.79. The minimum absolute atomic E-state index is 0.0702. The molecule has 80 valence electrons. The van der Waals surface area contributed by atoms with Crippen LogP contribution >= 0.6 is 22.9 Å². The average molecular weight is 243 g/mol. The van der Waals surface area contributed by atoms with Gasteiger partial charge in [-0.3, -0.25) is 4.79 Å². The summed E-state index contributed by atoms with van der Waals surface area (Å²) in [5.74, 6) is -0.0702. The van der Waals surface area contributed by atoms with E-state index in [1.807, 2.05) is 18.2 Å². The third-order valence-corrected chi connectivity index (χ3v) is 3.08. The second kappa shape index (κ2) is 6.44. The van der Waals surface area contributed by atoms with Crippen molar-refractivity contribution in [2.45, 2.75) is 19.3 Å². The number of nitriles is 1. The van der Waals surface area contributed by atoms with Crippen LogP contribution < -0.4 is 5.32 Å². The van der Waals surface area contributed by atoms with Crippen molar-refractivity contribution in [2.75, 3.05) is 6.54 Å². The van der Waals surface area contributed by atoms with Gasteiger partial charge in [0, 0.05) is 24.3 Å². The van der Waals surface area contributed by atoms with E-state index in [-0.39, 0.29) is 18.7 Å². The van der Waals surface area contributed by atoms with E-state index in [4.69, 9.17) is 16.9 Å². The number of carbonyl (C=O) groups is 1. The molecule has 1 amide bonds. The van der Waals surface area contributed by atoms with Crippen LogP contribution in [0.5, 0.6) is 0 Å². The van der Waals surface area contributed by atoms with E-state index in [0.29, 0.717) is 6.54 Å². The Kier molecular flexibility index (Phi) is 5.16. The van der Waals surface area contributed by atoms with Crippen molar-refractivity contribution >= 4 is 28.8 Å². The van der Waals surface area contributed by atoms with E-state index >= 15 is 0 Å². The van der Waals surface area contributed by atoms with E-state index in [9.17, 15) is 4.79 Å². The third-order valence-electron chi connectivity index (χ3n) is 1.79. The lowest BCUT2D eigenvalue weighted by Gasteiger charge is -2.01. The van der Waals surface area contributed by atoms with Crippen LogP contribution in [0.3, 0.4) is 0 Å². The molecule has 0 atom stereocenters. The molecule has 3 nitrogen and oxygen atoms in total. The van der Waals surface area contributed by atoms with Gasteiger partial charge in [0.25, 0.3) is 0 Å². The fourth-order valence-electron chi connectivity index (χ4n) is 1.07. The standard InChI is InChI=1S/C10H11ClN2OS/c11-9-4-3-8(15-9)5-7-13-10(14)2-1-6-12/h3-4H,1-2,5,7H2,(H,13,14). The van der Waals surface area contributed by atoms with Crippen molar-refractivity contribution < 1.29 is 4.79 Å². The monoisotopic (exact) mass is 242 g/mol. The molecule has 0 spiro atoms. The van der Waals surface area contributed by atoms with Crippen molar-refractivity contribution in [1.82, 2.24) is 5.32 Å². The Morgan fingerprint density at radius 2 is 2.40 bits per heavy atom. The summed E-state index contributed by atoms with van der Waals surface area (Å²) >= 11 is 7.28. The van der Waals surface area contributed by atoms with E-state index in [1.54, 1.807) is 0 Å². The number of rotatable bonds is 5. The Balaban J connectivity index is 2.16. The normalized spacial score (nSPS) is 9.60. The molecule has 0 radical (unpaired) electrons. The Morgan fingerprint density at radius 1 is 1.60 bits per heavy atom. The summed E-state index contributed by atoms with van der Waals surface area (Å²) in [4.78, 5) is 12.3. The lowest BCUT2D eigenvalue weighted by atomic mass is 10.3. The van der Waals surface area contributed by atoms with Crippen LogP contribution in [0.2, 0.25) is 4.34 Å². The zero-order valence-corrected chi connectivity index (χ0v) is 9.70. The van der Waals surface area contributed by atoms with Crippen molar-refractivity contribution in [3.05, 3.63) is 21.3 Å². The Morgan fingerprint density at radius 3 is 3.00 bits per heavy atom. The van der Waals surface area contributed by atoms with Crippen LogP contribution in [0.1, 0.15) is 17.7 Å². The summed E-state index contributed by atoms with van der Waals surface area (Å²) < 4.78 is 0.765. The number of nitrogens with one attached hydrogen (secondary N) is 1. The van der Waals surface area contributed by atoms with Crippen LogP contribution in [0.4, 0.5) is 0 Å². The number of hydrogen-bond acceptors (Lipinski definition) is 3. The van der Waals surface area contributed by atoms with Gasteiger partial charge in [-0.2, -0.15) is 5.26 Å². The summed E-state index contributed by atoms with van der Waals surface area (Å²) in [6.45, 7) is 0.598. The molecule has 0 saturated carbocycles. The van der Waals surface area contributed by atoms with E-state index in [1.165, 1.54) is 11.3 Å². The number of thiophene rings is 1. The van der Waals surface area contributed by atoms with Gasteiger partial charge in [0.05, 0.1) is 10.4 Å². The summed E-state index contributed by atoms with van der Waals surface area (Å²) in [5.41, 5.74) is 0. The lowest BCUT2D eigenvalue weighted by Crippen LogP contribution is -2.24. The first-order valence-electron chi connectivity index (χ1n) is 4.60. The molecule has 1 rings (SSSR count). The summed E-state index contributed by atoms with van der Waals surface area (Å²) in [7, 11) is 0. The van der Waals surface area contributed by atoms with Gasteiger partial charge < -0.3 is 5.32 Å². The highest BCUT2D eigenvalue weighted by molar-refractivity contribution is 7.16. The number of nitrogens with zero attached hydrogens (tertiary/aromatic N) is 1. The fourth-order valence-corrected chi connectivity index (χ4v) is 2.16. The highest BCUT2D eigenvalue weighted by Crippen LogP contribution is 2.21. The van der Waals surface area contributed by atoms with Gasteiger partial charge in [-0.05, 0) is 18.6 Å². The first-order chi connectivity index (χ1) is 7.22. The maximum atomic E-state index is 11.1. The molecule has 0 aliphatic heterocycles. The molecule has 0 saturated heterocycles. The van der Waals surface area contributed by atoms with Gasteiger partial charge in [0.1, 0.15) is 0 Å². The van der Waals surface area contributed by atoms with Gasteiger partial charge in [0.2, 0.25) is 5.91 Å². The minimum Gasteiger partial charge on any atom is -0.356 e. The van der Waals surface area contributed by atoms with Gasteiger partial charge >= 0.3 is 0 Å². The van der Waals surface area contributed by atoms with E-state index < -0.39 is 0 Å². The van der Waals surface area contributed by atoms with Crippen molar-refractivity contribution in [3.8, 4) is 6.07 Å². The van der Waals surface area contributed by atoms with Crippen LogP contribution in [-0.2, 0) is 11.2 Å². The molecule has 15 heavy (non-hydrogen) atoms. The number of amides is 1. The molecule has 1 N–H and O–H groups in total. The second-order valence-electron chi connectivity index (χ2n) is 2.96. The Bertz CT molecular complexity index is 370. The maximum Gasteiger partial charge on any atom is 0.221 e. The van der Waals surface area contributed by atoms with Gasteiger partial charge in [-0.25, -0.2) is 0 Å². The van der Waals surface area contributed by atoms with Crippen LogP contribution in [-0.4, -0.2) is 12.5 Å². The van der Waals surface area contributed by atoms with Crippen LogP contribution in [0.25, 0.3) is 0 Å². The molecule has 0 unspecified atom stereocenters. The van der Waals surface area contributed by atoms with E-state index in [0.717, 1.165) is 15.6 Å². The topological polar surface area (TPSA) is 52.9 Å². The quantitative estimate of drug-likeness (QED) is 0.862. The summed E-state index contributed by atoms with van der Waals surface area (Å²) in [6, 6.07) is 5.73. The summed E-state index contributed by atoms with van der Waals surface area (Å²) in [6.07, 6.45) is 1.34. The molecule has 1 aromatic heterocycles. The molecule has 0 fully saturated rings. The van der Waals surface area contributed by atoms with Crippen molar-refractivity contribution in [3.63, 3.8) is 0 Å². The van der Waals surface area contributed by atoms with Crippen molar-refractivity contribution in [1.29, 1.82) is 5.26 Å². The van der Waals surface area contributed by atoms with Crippen molar-refractivity contribution in [2.24, 2.45) is 0 Å². The number of halogens is 1. The Hall–Kier alpha value is -1.05. The SMILES string of the molecule is N#CCCC(=O)NCCc1ccc(Cl)s1. The van der Waals surface area contributed by atoms with Crippen LogP contribution in [0, 0.1) is 11.3 Å². The minimum atomic E-state index is -0.0702. The predicted octanol–water partition coefficient (Wildman–Crippen LogP) is 2.36. The second-order valence-corrected chi connectivity index (χ2v) is 4.76. The Labute approximate surface area is 97.7 Å². The van der Waals surface area contributed by atoms with Crippen LogP contribution in [0.15, 0.2) is 12.1 Å². The zero-order valence-electron chi connectivity index (χ0n) is 8.12. The molecule has 0 aromatic carbocycles. The molecule has 0 bridgehead atoms. The highest BCUT2D eigenvalue weighted by atomic mass is 35.5. The van der Waals surface area contributed by atoms with Gasteiger partial charge in [-0.1, -0.05) is 11.6 Å². The largest absolute Gasteiger partial charge is 0.356 e. The zero-order chi connectivity index (χ0) is 11.1. The molecule has 5 heteroatoms.